The first-order valence-electron chi connectivity index (χ1n) is 11.4. The molecule has 0 unspecified atom stereocenters. The standard InChI is InChI=1S/C21H36N6O5S/c1-5-6-11-26-17(28)15(16(22)23)18(29)27(19(26)30)14-7-9-21(4,10-8-14)13-25-12-20(2,3)24-33(25,31)32/h14,24,28H,5-13H2,1-4H3,(H3,22,23). The predicted octanol–water partition coefficient (Wildman–Crippen LogP) is 0.850. The number of aromatic nitrogens is 2. The molecule has 0 atom stereocenters. The second-order valence-electron chi connectivity index (χ2n) is 10.4. The van der Waals surface area contributed by atoms with Gasteiger partial charge in [-0.1, -0.05) is 20.3 Å². The van der Waals surface area contributed by atoms with Crippen LogP contribution in [-0.2, 0) is 16.8 Å². The average Bonchev–Trinajstić information content (AvgIpc) is 2.88. The molecule has 1 aromatic rings. The molecule has 33 heavy (non-hydrogen) atoms. The first-order chi connectivity index (χ1) is 15.2. The molecule has 0 radical (unpaired) electrons. The summed E-state index contributed by atoms with van der Waals surface area (Å²) in [5, 5.41) is 18.2. The summed E-state index contributed by atoms with van der Waals surface area (Å²) in [6, 6.07) is -0.408. The van der Waals surface area contributed by atoms with Crippen molar-refractivity contribution in [2.45, 2.75) is 84.3 Å². The fraction of sp³-hybridized carbons (Fsp3) is 0.762. The summed E-state index contributed by atoms with van der Waals surface area (Å²) < 4.78 is 31.4. The molecule has 0 amide bonds. The molecule has 11 nitrogen and oxygen atoms in total. The number of hydrogen-bond donors (Lipinski definition) is 4. The van der Waals surface area contributed by atoms with Crippen LogP contribution >= 0.6 is 0 Å². The van der Waals surface area contributed by atoms with E-state index < -0.39 is 44.8 Å². The SMILES string of the molecule is CCCCn1c(O)c(C(=N)N)c(=O)n(C2CCC(C)(CN3CC(C)(C)NS3(=O)=O)CC2)c1=O. The Labute approximate surface area is 194 Å². The molecule has 12 heteroatoms. The Morgan fingerprint density at radius 1 is 1.24 bits per heavy atom. The van der Waals surface area contributed by atoms with Gasteiger partial charge < -0.3 is 10.8 Å². The number of nitrogens with zero attached hydrogens (tertiary/aromatic N) is 3. The highest BCUT2D eigenvalue weighted by Crippen LogP contribution is 2.41. The van der Waals surface area contributed by atoms with E-state index in [1.54, 1.807) is 0 Å². The van der Waals surface area contributed by atoms with E-state index in [1.165, 1.54) is 4.31 Å². The van der Waals surface area contributed by atoms with Gasteiger partial charge in [-0.3, -0.25) is 19.3 Å². The highest BCUT2D eigenvalue weighted by molar-refractivity contribution is 7.87. The minimum Gasteiger partial charge on any atom is -0.494 e. The van der Waals surface area contributed by atoms with Gasteiger partial charge in [-0.15, -0.1) is 0 Å². The molecule has 0 bridgehead atoms. The van der Waals surface area contributed by atoms with Crippen LogP contribution in [0.1, 0.15) is 77.8 Å². The van der Waals surface area contributed by atoms with Crippen LogP contribution in [0.4, 0.5) is 0 Å². The van der Waals surface area contributed by atoms with Crippen molar-refractivity contribution >= 4 is 16.0 Å². The van der Waals surface area contributed by atoms with Gasteiger partial charge in [0.05, 0.1) is 0 Å². The number of hydrogen-bond acceptors (Lipinski definition) is 6. The summed E-state index contributed by atoms with van der Waals surface area (Å²) in [5.41, 5.74) is 3.04. The van der Waals surface area contributed by atoms with E-state index in [4.69, 9.17) is 11.1 Å². The molecule has 186 valence electrons. The zero-order valence-corrected chi connectivity index (χ0v) is 20.7. The maximum Gasteiger partial charge on any atom is 0.334 e. The molecule has 1 aromatic heterocycles. The van der Waals surface area contributed by atoms with Crippen LogP contribution in [0.15, 0.2) is 9.59 Å². The van der Waals surface area contributed by atoms with Crippen molar-refractivity contribution in [3.05, 3.63) is 26.4 Å². The molecule has 2 aliphatic rings. The van der Waals surface area contributed by atoms with E-state index in [0.717, 1.165) is 15.6 Å². The summed E-state index contributed by atoms with van der Waals surface area (Å²) in [6.45, 7) is 8.64. The molecule has 2 fully saturated rings. The van der Waals surface area contributed by atoms with Crippen LogP contribution in [-0.4, -0.2) is 51.4 Å². The lowest BCUT2D eigenvalue weighted by Gasteiger charge is -2.39. The van der Waals surface area contributed by atoms with Crippen LogP contribution in [0, 0.1) is 10.8 Å². The van der Waals surface area contributed by atoms with E-state index in [1.807, 2.05) is 27.7 Å². The zero-order chi connectivity index (χ0) is 24.8. The first-order valence-corrected chi connectivity index (χ1v) is 12.9. The minimum atomic E-state index is -3.54. The van der Waals surface area contributed by atoms with Crippen LogP contribution < -0.4 is 21.7 Å². The lowest BCUT2D eigenvalue weighted by Crippen LogP contribution is -2.47. The Morgan fingerprint density at radius 2 is 1.85 bits per heavy atom. The molecule has 1 saturated carbocycles. The topological polar surface area (TPSA) is 164 Å². The second kappa shape index (κ2) is 8.88. The van der Waals surface area contributed by atoms with Gasteiger partial charge in [-0.2, -0.15) is 17.4 Å². The summed E-state index contributed by atoms with van der Waals surface area (Å²) in [4.78, 5) is 26.2. The molecule has 1 aliphatic heterocycles. The van der Waals surface area contributed by atoms with Crippen molar-refractivity contribution in [2.24, 2.45) is 11.1 Å². The minimum absolute atomic E-state index is 0.224. The maximum absolute atomic E-state index is 13.1. The van der Waals surface area contributed by atoms with Gasteiger partial charge >= 0.3 is 5.69 Å². The lowest BCUT2D eigenvalue weighted by atomic mass is 9.73. The van der Waals surface area contributed by atoms with Crippen LogP contribution in [0.25, 0.3) is 0 Å². The first kappa shape index (κ1) is 25.4. The number of unbranched alkanes of at least 4 members (excludes halogenated alkanes) is 1. The molecule has 3 rings (SSSR count). The van der Waals surface area contributed by atoms with Crippen molar-refractivity contribution in [3.63, 3.8) is 0 Å². The van der Waals surface area contributed by atoms with Crippen LogP contribution in [0.5, 0.6) is 5.88 Å². The van der Waals surface area contributed by atoms with Crippen LogP contribution in [0.3, 0.4) is 0 Å². The van der Waals surface area contributed by atoms with Crippen molar-refractivity contribution < 1.29 is 13.5 Å². The number of nitrogens with two attached hydrogens (primary N) is 1. The largest absolute Gasteiger partial charge is 0.494 e. The van der Waals surface area contributed by atoms with E-state index in [9.17, 15) is 23.1 Å². The summed E-state index contributed by atoms with van der Waals surface area (Å²) in [6.07, 6.45) is 3.68. The normalized spacial score (nSPS) is 27.0. The third-order valence-corrected chi connectivity index (χ3v) is 8.50. The number of amidine groups is 1. The Bertz CT molecular complexity index is 1140. The molecular weight excluding hydrogens is 448 g/mol. The smallest absolute Gasteiger partial charge is 0.334 e. The fourth-order valence-electron chi connectivity index (χ4n) is 4.99. The van der Waals surface area contributed by atoms with E-state index in [0.29, 0.717) is 45.2 Å². The molecule has 0 aromatic carbocycles. The van der Waals surface area contributed by atoms with Gasteiger partial charge in [0.25, 0.3) is 15.8 Å². The molecular formula is C21H36N6O5S. The fourth-order valence-corrected chi connectivity index (χ4v) is 6.85. The molecule has 0 spiro atoms. The Kier molecular flexibility index (Phi) is 6.84. The molecule has 1 aliphatic carbocycles. The quantitative estimate of drug-likeness (QED) is 0.331. The predicted molar refractivity (Wildman–Crippen MR) is 126 cm³/mol. The monoisotopic (exact) mass is 484 g/mol. The number of rotatable bonds is 7. The zero-order valence-electron chi connectivity index (χ0n) is 19.8. The molecule has 2 heterocycles. The summed E-state index contributed by atoms with van der Waals surface area (Å²) in [5.74, 6) is -1.14. The van der Waals surface area contributed by atoms with E-state index in [-0.39, 0.29) is 17.5 Å². The molecule has 1 saturated heterocycles. The highest BCUT2D eigenvalue weighted by atomic mass is 32.2. The van der Waals surface area contributed by atoms with Gasteiger partial charge in [-0.25, -0.2) is 4.79 Å². The Morgan fingerprint density at radius 3 is 2.33 bits per heavy atom. The van der Waals surface area contributed by atoms with Crippen molar-refractivity contribution in [1.29, 1.82) is 5.41 Å². The van der Waals surface area contributed by atoms with Gasteiger partial charge in [-0.05, 0) is 51.4 Å². The average molecular weight is 485 g/mol. The maximum atomic E-state index is 13.1. The third-order valence-electron chi connectivity index (χ3n) is 6.76. The number of nitrogen functional groups attached to an aromatic ring is 1. The van der Waals surface area contributed by atoms with Crippen molar-refractivity contribution in [2.75, 3.05) is 13.1 Å². The van der Waals surface area contributed by atoms with Crippen molar-refractivity contribution in [3.8, 4) is 5.88 Å². The Hall–Kier alpha value is -2.18. The Balaban J connectivity index is 1.87. The van der Waals surface area contributed by atoms with E-state index >= 15 is 0 Å². The second-order valence-corrected chi connectivity index (χ2v) is 12.0. The summed E-state index contributed by atoms with van der Waals surface area (Å²) in [7, 11) is -3.54. The highest BCUT2D eigenvalue weighted by Gasteiger charge is 2.44. The molecule has 5 N–H and O–H groups in total. The lowest BCUT2D eigenvalue weighted by molar-refractivity contribution is 0.134. The van der Waals surface area contributed by atoms with Crippen LogP contribution in [0.2, 0.25) is 0 Å². The van der Waals surface area contributed by atoms with Crippen molar-refractivity contribution in [1.82, 2.24) is 18.2 Å². The summed E-state index contributed by atoms with van der Waals surface area (Å²) >= 11 is 0. The van der Waals surface area contributed by atoms with Gasteiger partial charge in [0, 0.05) is 31.2 Å². The van der Waals surface area contributed by atoms with Gasteiger partial charge in [0.2, 0.25) is 5.88 Å². The number of nitrogens with one attached hydrogen (secondary N) is 2. The van der Waals surface area contributed by atoms with E-state index in [2.05, 4.69) is 4.72 Å². The van der Waals surface area contributed by atoms with Gasteiger partial charge in [0.1, 0.15) is 11.4 Å². The van der Waals surface area contributed by atoms with Gasteiger partial charge in [0.15, 0.2) is 0 Å². The number of aromatic hydroxyl groups is 1. The third kappa shape index (κ3) is 5.02.